The van der Waals surface area contributed by atoms with Crippen LogP contribution in [0.3, 0.4) is 0 Å². The summed E-state index contributed by atoms with van der Waals surface area (Å²) >= 11 is 0. The van der Waals surface area contributed by atoms with Gasteiger partial charge in [0.1, 0.15) is 11.5 Å². The Morgan fingerprint density at radius 3 is 2.30 bits per heavy atom. The van der Waals surface area contributed by atoms with Gasteiger partial charge in [-0.1, -0.05) is 30.3 Å². The maximum Gasteiger partial charge on any atom is 0.331 e. The fraction of sp³-hybridized carbons (Fsp3) is 0.238. The molecule has 0 atom stereocenters. The van der Waals surface area contributed by atoms with E-state index in [0.717, 1.165) is 5.56 Å². The molecule has 0 aliphatic carbocycles. The molecule has 0 bridgehead atoms. The lowest BCUT2D eigenvalue weighted by Gasteiger charge is -2.11. The molecule has 0 heterocycles. The van der Waals surface area contributed by atoms with Gasteiger partial charge in [0.2, 0.25) is 0 Å². The van der Waals surface area contributed by atoms with Crippen LogP contribution in [0.2, 0.25) is 0 Å². The number of anilines is 1. The second-order valence-electron chi connectivity index (χ2n) is 5.39. The first-order valence-electron chi connectivity index (χ1n) is 8.72. The molecule has 0 unspecified atom stereocenters. The topological polar surface area (TPSA) is 73.9 Å². The summed E-state index contributed by atoms with van der Waals surface area (Å²) in [5, 5.41) is 2.67. The molecule has 6 nitrogen and oxygen atoms in total. The van der Waals surface area contributed by atoms with Gasteiger partial charge in [0.25, 0.3) is 5.91 Å². The fourth-order valence-electron chi connectivity index (χ4n) is 2.29. The Balaban J connectivity index is 1.88. The van der Waals surface area contributed by atoms with Gasteiger partial charge in [-0.25, -0.2) is 4.79 Å². The summed E-state index contributed by atoms with van der Waals surface area (Å²) in [5.41, 5.74) is 1.29. The Bertz CT molecular complexity index is 801. The van der Waals surface area contributed by atoms with Gasteiger partial charge in [0.05, 0.1) is 18.9 Å². The summed E-state index contributed by atoms with van der Waals surface area (Å²) in [4.78, 5) is 23.9. The van der Waals surface area contributed by atoms with Gasteiger partial charge in [-0.15, -0.1) is 0 Å². The van der Waals surface area contributed by atoms with Gasteiger partial charge in [-0.2, -0.15) is 0 Å². The molecule has 0 spiro atoms. The number of benzene rings is 2. The Labute approximate surface area is 158 Å². The predicted octanol–water partition coefficient (Wildman–Crippen LogP) is 3.68. The predicted molar refractivity (Wildman–Crippen MR) is 104 cm³/mol. The second kappa shape index (κ2) is 10.7. The van der Waals surface area contributed by atoms with Crippen molar-refractivity contribution in [1.29, 1.82) is 0 Å². The van der Waals surface area contributed by atoms with Crippen molar-refractivity contribution in [3.8, 4) is 11.5 Å². The average molecular weight is 369 g/mol. The van der Waals surface area contributed by atoms with E-state index in [0.29, 0.717) is 30.4 Å². The maximum absolute atomic E-state index is 12.0. The van der Waals surface area contributed by atoms with Crippen molar-refractivity contribution < 1.29 is 23.8 Å². The first-order chi connectivity index (χ1) is 13.1. The van der Waals surface area contributed by atoms with Crippen molar-refractivity contribution >= 4 is 23.6 Å². The van der Waals surface area contributed by atoms with Crippen molar-refractivity contribution in [2.45, 2.75) is 13.8 Å². The molecule has 27 heavy (non-hydrogen) atoms. The third-order valence-corrected chi connectivity index (χ3v) is 3.42. The summed E-state index contributed by atoms with van der Waals surface area (Å²) in [6.45, 7) is 4.36. The number of nitrogens with one attached hydrogen (secondary N) is 1. The van der Waals surface area contributed by atoms with Crippen LogP contribution < -0.4 is 14.8 Å². The minimum atomic E-state index is -0.616. The molecule has 2 aromatic carbocycles. The minimum Gasteiger partial charge on any atom is -0.493 e. The number of para-hydroxylation sites is 3. The van der Waals surface area contributed by atoms with Crippen molar-refractivity contribution in [3.63, 3.8) is 0 Å². The molecule has 0 radical (unpaired) electrons. The van der Waals surface area contributed by atoms with Crippen LogP contribution >= 0.6 is 0 Å². The first-order valence-corrected chi connectivity index (χ1v) is 8.72. The summed E-state index contributed by atoms with van der Waals surface area (Å²) < 4.78 is 15.9. The van der Waals surface area contributed by atoms with Crippen molar-refractivity contribution in [2.75, 3.05) is 25.1 Å². The van der Waals surface area contributed by atoms with E-state index in [9.17, 15) is 9.59 Å². The smallest absolute Gasteiger partial charge is 0.331 e. The Kier molecular flexibility index (Phi) is 7.91. The highest BCUT2D eigenvalue weighted by Crippen LogP contribution is 2.23. The van der Waals surface area contributed by atoms with Crippen LogP contribution in [0.5, 0.6) is 11.5 Å². The van der Waals surface area contributed by atoms with Gasteiger partial charge < -0.3 is 19.5 Å². The van der Waals surface area contributed by atoms with Gasteiger partial charge in [-0.3, -0.25) is 4.79 Å². The van der Waals surface area contributed by atoms with E-state index in [-0.39, 0.29) is 0 Å². The van der Waals surface area contributed by atoms with Crippen LogP contribution in [0.4, 0.5) is 5.69 Å². The van der Waals surface area contributed by atoms with Crippen LogP contribution in [-0.2, 0) is 14.3 Å². The largest absolute Gasteiger partial charge is 0.493 e. The SMILES string of the molecule is CCOc1ccccc1C=CC(=O)OCC(=O)Nc1ccccc1OCC. The molecular formula is C21H23NO5. The number of esters is 1. The van der Waals surface area contributed by atoms with Crippen LogP contribution in [0, 0.1) is 0 Å². The standard InChI is InChI=1S/C21H23NO5/c1-3-25-18-11-7-5-9-16(18)13-14-21(24)27-15-20(23)22-17-10-6-8-12-19(17)26-4-2/h5-14H,3-4,15H2,1-2H3,(H,22,23). The van der Waals surface area contributed by atoms with E-state index in [1.807, 2.05) is 44.2 Å². The Morgan fingerprint density at radius 1 is 0.926 bits per heavy atom. The molecule has 1 N–H and O–H groups in total. The normalized spacial score (nSPS) is 10.4. The first kappa shape index (κ1) is 20.0. The molecule has 2 aromatic rings. The number of ether oxygens (including phenoxy) is 3. The molecule has 0 saturated carbocycles. The highest BCUT2D eigenvalue weighted by atomic mass is 16.5. The maximum atomic E-state index is 12.0. The average Bonchev–Trinajstić information content (AvgIpc) is 2.68. The van der Waals surface area contributed by atoms with Crippen molar-refractivity contribution in [1.82, 2.24) is 0 Å². The highest BCUT2D eigenvalue weighted by molar-refractivity contribution is 5.95. The van der Waals surface area contributed by atoms with E-state index in [2.05, 4.69) is 5.32 Å². The molecule has 0 aliphatic heterocycles. The molecule has 142 valence electrons. The lowest BCUT2D eigenvalue weighted by atomic mass is 10.2. The van der Waals surface area contributed by atoms with Crippen LogP contribution in [-0.4, -0.2) is 31.7 Å². The summed E-state index contributed by atoms with van der Waals surface area (Å²) in [6.07, 6.45) is 2.86. The quantitative estimate of drug-likeness (QED) is 0.539. The third kappa shape index (κ3) is 6.51. The van der Waals surface area contributed by atoms with E-state index in [1.54, 1.807) is 24.3 Å². The zero-order chi connectivity index (χ0) is 19.5. The van der Waals surface area contributed by atoms with Crippen molar-refractivity contribution in [2.24, 2.45) is 0 Å². The van der Waals surface area contributed by atoms with Crippen LogP contribution in [0.1, 0.15) is 19.4 Å². The van der Waals surface area contributed by atoms with Crippen LogP contribution in [0.25, 0.3) is 6.08 Å². The monoisotopic (exact) mass is 369 g/mol. The highest BCUT2D eigenvalue weighted by Gasteiger charge is 2.09. The zero-order valence-electron chi connectivity index (χ0n) is 15.4. The molecule has 0 saturated heterocycles. The van der Waals surface area contributed by atoms with Crippen LogP contribution in [0.15, 0.2) is 54.6 Å². The lowest BCUT2D eigenvalue weighted by Crippen LogP contribution is -2.20. The zero-order valence-corrected chi connectivity index (χ0v) is 15.4. The lowest BCUT2D eigenvalue weighted by molar-refractivity contribution is -0.142. The summed E-state index contributed by atoms with van der Waals surface area (Å²) in [5.74, 6) is 0.176. The number of carbonyl (C=O) groups excluding carboxylic acids is 2. The summed E-state index contributed by atoms with van der Waals surface area (Å²) in [6, 6.07) is 14.4. The Hall–Kier alpha value is -3.28. The van der Waals surface area contributed by atoms with Gasteiger partial charge in [0.15, 0.2) is 6.61 Å². The number of carbonyl (C=O) groups is 2. The van der Waals surface area contributed by atoms with E-state index < -0.39 is 18.5 Å². The number of rotatable bonds is 9. The molecule has 6 heteroatoms. The third-order valence-electron chi connectivity index (χ3n) is 3.42. The van der Waals surface area contributed by atoms with Gasteiger partial charge >= 0.3 is 5.97 Å². The fourth-order valence-corrected chi connectivity index (χ4v) is 2.29. The van der Waals surface area contributed by atoms with E-state index in [4.69, 9.17) is 14.2 Å². The number of hydrogen-bond donors (Lipinski definition) is 1. The minimum absolute atomic E-state index is 0.392. The van der Waals surface area contributed by atoms with Gasteiger partial charge in [0, 0.05) is 11.6 Å². The van der Waals surface area contributed by atoms with Crippen molar-refractivity contribution in [3.05, 3.63) is 60.2 Å². The molecule has 0 aliphatic rings. The van der Waals surface area contributed by atoms with E-state index in [1.165, 1.54) is 6.08 Å². The molecular weight excluding hydrogens is 346 g/mol. The second-order valence-corrected chi connectivity index (χ2v) is 5.39. The molecule has 1 amide bonds. The number of hydrogen-bond acceptors (Lipinski definition) is 5. The molecule has 2 rings (SSSR count). The van der Waals surface area contributed by atoms with Gasteiger partial charge in [-0.05, 0) is 38.1 Å². The number of amides is 1. The molecule has 0 aromatic heterocycles. The summed E-state index contributed by atoms with van der Waals surface area (Å²) in [7, 11) is 0. The molecule has 0 fully saturated rings. The Morgan fingerprint density at radius 2 is 1.56 bits per heavy atom. The van der Waals surface area contributed by atoms with E-state index >= 15 is 0 Å².